The molecule has 3 rings (SSSR count). The van der Waals surface area contributed by atoms with Gasteiger partial charge in [0.15, 0.2) is 5.58 Å². The third-order valence-corrected chi connectivity index (χ3v) is 2.35. The number of furan rings is 1. The molecule has 2 aromatic rings. The van der Waals surface area contributed by atoms with E-state index in [1.807, 2.05) is 18.2 Å². The Morgan fingerprint density at radius 3 is 3.36 bits per heavy atom. The van der Waals surface area contributed by atoms with Gasteiger partial charge in [-0.15, -0.1) is 0 Å². The van der Waals surface area contributed by atoms with Crippen LogP contribution in [0.25, 0.3) is 23.3 Å². The van der Waals surface area contributed by atoms with E-state index in [4.69, 9.17) is 4.42 Å². The Labute approximate surface area is 80.9 Å². The normalized spacial score (nSPS) is 14.3. The van der Waals surface area contributed by atoms with Gasteiger partial charge in [-0.1, -0.05) is 12.2 Å². The van der Waals surface area contributed by atoms with Gasteiger partial charge >= 0.3 is 0 Å². The molecule has 1 aliphatic rings. The number of pyridine rings is 1. The predicted octanol–water partition coefficient (Wildman–Crippen LogP) is 1.35. The molecule has 2 nitrogen and oxygen atoms in total. The first-order chi connectivity index (χ1) is 6.95. The lowest BCUT2D eigenvalue weighted by Crippen LogP contribution is -2.19. The summed E-state index contributed by atoms with van der Waals surface area (Å²) < 4.78 is 5.68. The Kier molecular flexibility index (Phi) is 1.53. The van der Waals surface area contributed by atoms with Crippen LogP contribution >= 0.6 is 0 Å². The summed E-state index contributed by atoms with van der Waals surface area (Å²) in [5.41, 5.74) is 2.74. The zero-order valence-corrected chi connectivity index (χ0v) is 7.60. The molecule has 0 unspecified atom stereocenters. The molecule has 0 fully saturated rings. The Morgan fingerprint density at radius 2 is 2.36 bits per heavy atom. The van der Waals surface area contributed by atoms with Crippen molar-refractivity contribution >= 4 is 23.3 Å². The van der Waals surface area contributed by atoms with E-state index in [9.17, 15) is 0 Å². The summed E-state index contributed by atoms with van der Waals surface area (Å²) in [6, 6.07) is 3.84. The third kappa shape index (κ3) is 1.01. The summed E-state index contributed by atoms with van der Waals surface area (Å²) >= 11 is 0. The van der Waals surface area contributed by atoms with Crippen molar-refractivity contribution in [3.8, 4) is 0 Å². The topological polar surface area (TPSA) is 26.0 Å². The maximum atomic E-state index is 5.68. The van der Waals surface area contributed by atoms with Crippen LogP contribution in [-0.2, 0) is 0 Å². The van der Waals surface area contributed by atoms with E-state index in [1.165, 1.54) is 0 Å². The number of hydrogen-bond acceptors (Lipinski definition) is 2. The quantitative estimate of drug-likeness (QED) is 0.616. The second-order valence-corrected chi connectivity index (χ2v) is 3.26. The molecule has 2 aromatic heterocycles. The maximum absolute atomic E-state index is 5.68. The first-order valence-electron chi connectivity index (χ1n) is 4.66. The second-order valence-electron chi connectivity index (χ2n) is 3.26. The molecule has 0 aromatic carbocycles. The lowest BCUT2D eigenvalue weighted by atomic mass is 10.3. The molecule has 0 N–H and O–H groups in total. The average molecular weight is 183 g/mol. The molecule has 0 saturated carbocycles. The number of allylic oxidation sites excluding steroid dienone is 2. The van der Waals surface area contributed by atoms with E-state index in [0.717, 1.165) is 28.2 Å². The van der Waals surface area contributed by atoms with Gasteiger partial charge in [0.1, 0.15) is 10.9 Å². The van der Waals surface area contributed by atoms with Crippen LogP contribution in [0.1, 0.15) is 6.42 Å². The molecular formula is C12H9NO. The van der Waals surface area contributed by atoms with Crippen molar-refractivity contribution in [1.82, 2.24) is 4.98 Å². The number of rotatable bonds is 0. The van der Waals surface area contributed by atoms with Crippen molar-refractivity contribution in [3.05, 3.63) is 41.1 Å². The smallest absolute Gasteiger partial charge is 0.153 e. The van der Waals surface area contributed by atoms with Gasteiger partial charge < -0.3 is 4.42 Å². The van der Waals surface area contributed by atoms with E-state index >= 15 is 0 Å². The minimum Gasteiger partial charge on any atom is -0.455 e. The summed E-state index contributed by atoms with van der Waals surface area (Å²) in [5.74, 6) is 0. The summed E-state index contributed by atoms with van der Waals surface area (Å²) in [6.45, 7) is 0. The lowest BCUT2D eigenvalue weighted by Gasteiger charge is -1.83. The van der Waals surface area contributed by atoms with Crippen LogP contribution in [0.3, 0.4) is 0 Å². The van der Waals surface area contributed by atoms with Crippen molar-refractivity contribution in [2.75, 3.05) is 0 Å². The zero-order chi connectivity index (χ0) is 9.38. The Morgan fingerprint density at radius 1 is 1.36 bits per heavy atom. The van der Waals surface area contributed by atoms with Crippen LogP contribution in [-0.4, -0.2) is 4.98 Å². The van der Waals surface area contributed by atoms with Crippen molar-refractivity contribution in [2.45, 2.75) is 6.42 Å². The summed E-state index contributed by atoms with van der Waals surface area (Å²) in [6.07, 6.45) is 11.0. The number of hydrogen-bond donors (Lipinski definition) is 0. The van der Waals surface area contributed by atoms with Crippen molar-refractivity contribution in [3.63, 3.8) is 0 Å². The second kappa shape index (κ2) is 2.84. The summed E-state index contributed by atoms with van der Waals surface area (Å²) in [7, 11) is 0. The van der Waals surface area contributed by atoms with Gasteiger partial charge in [-0.3, -0.25) is 4.98 Å². The predicted molar refractivity (Wildman–Crippen MR) is 55.9 cm³/mol. The van der Waals surface area contributed by atoms with Crippen molar-refractivity contribution in [1.29, 1.82) is 0 Å². The molecule has 0 radical (unpaired) electrons. The molecule has 0 spiro atoms. The monoisotopic (exact) mass is 183 g/mol. The van der Waals surface area contributed by atoms with E-state index in [1.54, 1.807) is 6.20 Å². The van der Waals surface area contributed by atoms with Gasteiger partial charge in [-0.05, 0) is 30.7 Å². The first kappa shape index (κ1) is 7.56. The Bertz CT molecular complexity index is 619. The molecule has 0 atom stereocenters. The number of aromatic nitrogens is 1. The highest BCUT2D eigenvalue weighted by atomic mass is 16.3. The van der Waals surface area contributed by atoms with Gasteiger partial charge in [0.05, 0.1) is 0 Å². The van der Waals surface area contributed by atoms with Gasteiger partial charge in [-0.2, -0.15) is 0 Å². The fourth-order valence-electron chi connectivity index (χ4n) is 1.70. The maximum Gasteiger partial charge on any atom is 0.153 e. The molecule has 0 bridgehead atoms. The summed E-state index contributed by atoms with van der Waals surface area (Å²) in [5, 5.41) is 1.09. The number of fused-ring (bicyclic) bond motifs is 3. The van der Waals surface area contributed by atoms with E-state index in [0.29, 0.717) is 0 Å². The van der Waals surface area contributed by atoms with Crippen LogP contribution < -0.4 is 10.6 Å². The molecule has 0 saturated heterocycles. The lowest BCUT2D eigenvalue weighted by molar-refractivity contribution is 0.574. The van der Waals surface area contributed by atoms with Gasteiger partial charge in [-0.25, -0.2) is 0 Å². The molecule has 14 heavy (non-hydrogen) atoms. The van der Waals surface area contributed by atoms with Gasteiger partial charge in [0.25, 0.3) is 0 Å². The molecule has 0 amide bonds. The average Bonchev–Trinajstić information content (AvgIpc) is 2.42. The highest BCUT2D eigenvalue weighted by molar-refractivity contribution is 5.75. The minimum atomic E-state index is 0.861. The van der Waals surface area contributed by atoms with Crippen LogP contribution in [0.2, 0.25) is 0 Å². The van der Waals surface area contributed by atoms with Crippen LogP contribution in [0.15, 0.2) is 34.9 Å². The molecule has 1 aliphatic carbocycles. The van der Waals surface area contributed by atoms with Crippen LogP contribution in [0.4, 0.5) is 0 Å². The Hall–Kier alpha value is -1.83. The standard InChI is InChI=1S/C12H9NO/c1-2-5-9-10(6-3-1)14-11-7-4-8-13-12(9)11/h1-2,4-8H,3H2. The van der Waals surface area contributed by atoms with E-state index < -0.39 is 0 Å². The van der Waals surface area contributed by atoms with Crippen molar-refractivity contribution < 1.29 is 4.42 Å². The van der Waals surface area contributed by atoms with Crippen molar-refractivity contribution in [2.24, 2.45) is 0 Å². The first-order valence-corrected chi connectivity index (χ1v) is 4.66. The summed E-state index contributed by atoms with van der Waals surface area (Å²) in [4.78, 5) is 4.32. The molecule has 68 valence electrons. The highest BCUT2D eigenvalue weighted by Crippen LogP contribution is 2.04. The van der Waals surface area contributed by atoms with Gasteiger partial charge in [0, 0.05) is 11.4 Å². The SMILES string of the molecule is C1=CCC=c2oc3cccnc3c2=C1. The Balaban J connectivity index is 2.59. The van der Waals surface area contributed by atoms with Crippen LogP contribution in [0.5, 0.6) is 0 Å². The molecule has 2 heterocycles. The highest BCUT2D eigenvalue weighted by Gasteiger charge is 2.02. The van der Waals surface area contributed by atoms with E-state index in [2.05, 4.69) is 23.2 Å². The molecule has 2 heteroatoms. The molecular weight excluding hydrogens is 174 g/mol. The minimum absolute atomic E-state index is 0.861. The zero-order valence-electron chi connectivity index (χ0n) is 7.60. The fourth-order valence-corrected chi connectivity index (χ4v) is 1.70. The largest absolute Gasteiger partial charge is 0.455 e. The number of nitrogens with zero attached hydrogens (tertiary/aromatic N) is 1. The van der Waals surface area contributed by atoms with Gasteiger partial charge in [0.2, 0.25) is 0 Å². The van der Waals surface area contributed by atoms with Crippen LogP contribution in [0, 0.1) is 0 Å². The van der Waals surface area contributed by atoms with E-state index in [-0.39, 0.29) is 0 Å². The third-order valence-electron chi connectivity index (χ3n) is 2.35. The fraction of sp³-hybridized carbons (Fsp3) is 0.0833. The molecule has 0 aliphatic heterocycles.